The van der Waals surface area contributed by atoms with E-state index in [4.69, 9.17) is 0 Å². The maximum absolute atomic E-state index is 2.54. The summed E-state index contributed by atoms with van der Waals surface area (Å²) in [7, 11) is 0. The Bertz CT molecular complexity index is 2720. The summed E-state index contributed by atoms with van der Waals surface area (Å²) in [6, 6.07) is 56.0. The van der Waals surface area contributed by atoms with Gasteiger partial charge in [0.15, 0.2) is 0 Å². The van der Waals surface area contributed by atoms with Gasteiger partial charge in [-0.3, -0.25) is 0 Å². The third-order valence-electron chi connectivity index (χ3n) is 13.9. The number of anilines is 3. The van der Waals surface area contributed by atoms with E-state index in [1.54, 1.807) is 0 Å². The van der Waals surface area contributed by atoms with Crippen LogP contribution in [0.4, 0.5) is 17.1 Å². The molecule has 2 aliphatic rings. The maximum Gasteiger partial charge on any atom is 0.0540 e. The van der Waals surface area contributed by atoms with Gasteiger partial charge in [-0.15, -0.1) is 0 Å². The van der Waals surface area contributed by atoms with Crippen LogP contribution in [0.15, 0.2) is 146 Å². The molecule has 0 spiro atoms. The van der Waals surface area contributed by atoms with Crippen molar-refractivity contribution in [2.75, 3.05) is 4.90 Å². The lowest BCUT2D eigenvalue weighted by atomic mass is 9.77. The molecule has 0 aromatic heterocycles. The highest BCUT2D eigenvalue weighted by molar-refractivity contribution is 5.96. The minimum Gasteiger partial charge on any atom is -0.310 e. The van der Waals surface area contributed by atoms with E-state index in [-0.39, 0.29) is 27.1 Å². The van der Waals surface area contributed by atoms with Crippen LogP contribution in [0, 0.1) is 0 Å². The Balaban J connectivity index is 1.31. The van der Waals surface area contributed by atoms with E-state index in [0.717, 1.165) is 17.1 Å². The largest absolute Gasteiger partial charge is 0.310 e. The fourth-order valence-corrected chi connectivity index (χ4v) is 10.1. The summed E-state index contributed by atoms with van der Waals surface area (Å²) in [5, 5.41) is 0. The van der Waals surface area contributed by atoms with Crippen molar-refractivity contribution in [1.29, 1.82) is 0 Å². The summed E-state index contributed by atoms with van der Waals surface area (Å²) >= 11 is 0. The zero-order chi connectivity index (χ0) is 43.4. The quantitative estimate of drug-likeness (QED) is 0.168. The normalized spacial score (nSPS) is 14.9. The molecule has 61 heavy (non-hydrogen) atoms. The summed E-state index contributed by atoms with van der Waals surface area (Å²) in [6.07, 6.45) is 0. The molecule has 0 amide bonds. The monoisotopic (exact) mass is 797 g/mol. The molecule has 0 heterocycles. The van der Waals surface area contributed by atoms with Crippen LogP contribution in [-0.4, -0.2) is 0 Å². The molecule has 9 rings (SSSR count). The number of nitrogens with zero attached hydrogens (tertiary/aromatic N) is 1. The van der Waals surface area contributed by atoms with E-state index in [2.05, 4.69) is 241 Å². The number of hydrogen-bond donors (Lipinski definition) is 0. The van der Waals surface area contributed by atoms with Gasteiger partial charge in [0, 0.05) is 27.8 Å². The van der Waals surface area contributed by atoms with Crippen molar-refractivity contribution in [2.24, 2.45) is 0 Å². The Morgan fingerprint density at radius 1 is 0.328 bits per heavy atom. The minimum absolute atomic E-state index is 0.00543. The summed E-state index contributed by atoms with van der Waals surface area (Å²) in [5.74, 6) is 0. The second-order valence-corrected chi connectivity index (χ2v) is 22.0. The highest BCUT2D eigenvalue weighted by atomic mass is 15.1. The minimum atomic E-state index is -0.131. The van der Waals surface area contributed by atoms with E-state index in [0.29, 0.717) is 0 Å². The van der Waals surface area contributed by atoms with Crippen molar-refractivity contribution in [3.63, 3.8) is 0 Å². The van der Waals surface area contributed by atoms with Crippen molar-refractivity contribution in [1.82, 2.24) is 0 Å². The van der Waals surface area contributed by atoms with Gasteiger partial charge in [-0.2, -0.15) is 0 Å². The molecule has 1 heteroatoms. The fraction of sp³-hybridized carbons (Fsp3) is 0.300. The van der Waals surface area contributed by atoms with Gasteiger partial charge in [0.2, 0.25) is 0 Å². The summed E-state index contributed by atoms with van der Waals surface area (Å²) in [6.45, 7) is 30.6. The Hall–Kier alpha value is -5.66. The third-order valence-corrected chi connectivity index (χ3v) is 13.9. The molecule has 2 aliphatic carbocycles. The van der Waals surface area contributed by atoms with Gasteiger partial charge < -0.3 is 4.90 Å². The molecule has 0 atom stereocenters. The van der Waals surface area contributed by atoms with Crippen LogP contribution in [0.3, 0.4) is 0 Å². The number of benzene rings is 7. The smallest absolute Gasteiger partial charge is 0.0540 e. The first-order valence-corrected chi connectivity index (χ1v) is 22.3. The molecular formula is C60H63N. The SMILES string of the molecule is CC(C)(C)c1cc(-c2cc(C(C)(C)C)ccc2-c2ccccc2N(c2ccc3c(c2)C(C)(C)c2ccccc2-3)c2ccc3c(c2)C(C)(C)c2ccccc2-3)cc(C(C)(C)C)c1. The molecule has 308 valence electrons. The molecule has 7 aromatic carbocycles. The lowest BCUT2D eigenvalue weighted by Crippen LogP contribution is -2.18. The van der Waals surface area contributed by atoms with Crippen LogP contribution < -0.4 is 4.90 Å². The zero-order valence-electron chi connectivity index (χ0n) is 38.8. The van der Waals surface area contributed by atoms with E-state index >= 15 is 0 Å². The van der Waals surface area contributed by atoms with Crippen molar-refractivity contribution in [2.45, 2.75) is 117 Å². The van der Waals surface area contributed by atoms with Crippen molar-refractivity contribution < 1.29 is 0 Å². The van der Waals surface area contributed by atoms with Crippen LogP contribution in [0.2, 0.25) is 0 Å². The third kappa shape index (κ3) is 6.77. The van der Waals surface area contributed by atoms with Gasteiger partial charge in [-0.25, -0.2) is 0 Å². The number of para-hydroxylation sites is 1. The Morgan fingerprint density at radius 2 is 0.738 bits per heavy atom. The standard InChI is InChI=1S/C60H63N/c1-56(2,3)39-26-29-44(50(35-39)38-32-40(57(4,5)6)34-41(33-38)58(7,8)9)49-22-16-19-25-55(49)61(42-27-30-47-45-20-14-17-23-51(45)59(10,11)53(47)36-42)43-28-31-48-46-21-15-18-24-52(46)60(12,13)54(48)37-43/h14-37H,1-13H3. The van der Waals surface area contributed by atoms with Crippen LogP contribution >= 0.6 is 0 Å². The molecule has 0 unspecified atom stereocenters. The lowest BCUT2D eigenvalue weighted by molar-refractivity contribution is 0.569. The van der Waals surface area contributed by atoms with E-state index in [1.807, 2.05) is 0 Å². The summed E-state index contributed by atoms with van der Waals surface area (Å²) < 4.78 is 0. The Morgan fingerprint density at radius 3 is 1.21 bits per heavy atom. The predicted molar refractivity (Wildman–Crippen MR) is 263 cm³/mol. The van der Waals surface area contributed by atoms with Gasteiger partial charge in [-0.1, -0.05) is 199 Å². The first-order chi connectivity index (χ1) is 28.7. The summed E-state index contributed by atoms with van der Waals surface area (Å²) in [4.78, 5) is 2.54. The second-order valence-electron chi connectivity index (χ2n) is 22.0. The molecule has 0 N–H and O–H groups in total. The van der Waals surface area contributed by atoms with Crippen molar-refractivity contribution >= 4 is 17.1 Å². The van der Waals surface area contributed by atoms with E-state index < -0.39 is 0 Å². The van der Waals surface area contributed by atoms with Crippen LogP contribution in [0.1, 0.15) is 129 Å². The van der Waals surface area contributed by atoms with E-state index in [1.165, 1.54) is 83.5 Å². The van der Waals surface area contributed by atoms with Gasteiger partial charge in [-0.05, 0) is 131 Å². The molecule has 0 saturated carbocycles. The van der Waals surface area contributed by atoms with Crippen LogP contribution in [0.5, 0.6) is 0 Å². The highest BCUT2D eigenvalue weighted by Crippen LogP contribution is 2.54. The number of hydrogen-bond acceptors (Lipinski definition) is 1. The molecule has 0 aliphatic heterocycles. The number of fused-ring (bicyclic) bond motifs is 6. The molecule has 0 saturated heterocycles. The molecular weight excluding hydrogens is 735 g/mol. The van der Waals surface area contributed by atoms with E-state index in [9.17, 15) is 0 Å². The zero-order valence-corrected chi connectivity index (χ0v) is 38.8. The van der Waals surface area contributed by atoms with Gasteiger partial charge in [0.1, 0.15) is 0 Å². The first-order valence-electron chi connectivity index (χ1n) is 22.3. The Labute approximate surface area is 366 Å². The molecule has 1 nitrogen and oxygen atoms in total. The molecule has 0 fully saturated rings. The van der Waals surface area contributed by atoms with Crippen LogP contribution in [-0.2, 0) is 27.1 Å². The maximum atomic E-state index is 2.54. The molecule has 0 bridgehead atoms. The second kappa shape index (κ2) is 13.9. The van der Waals surface area contributed by atoms with Crippen molar-refractivity contribution in [3.05, 3.63) is 185 Å². The van der Waals surface area contributed by atoms with Gasteiger partial charge in [0.25, 0.3) is 0 Å². The average molecular weight is 798 g/mol. The highest BCUT2D eigenvalue weighted by Gasteiger charge is 2.38. The summed E-state index contributed by atoms with van der Waals surface area (Å²) in [5.41, 5.74) is 23.1. The van der Waals surface area contributed by atoms with Gasteiger partial charge in [0.05, 0.1) is 5.69 Å². The topological polar surface area (TPSA) is 3.24 Å². The first kappa shape index (κ1) is 40.7. The van der Waals surface area contributed by atoms with Gasteiger partial charge >= 0.3 is 0 Å². The molecule has 0 radical (unpaired) electrons. The fourth-order valence-electron chi connectivity index (χ4n) is 10.1. The predicted octanol–water partition coefficient (Wildman–Crippen LogP) is 17.0. The van der Waals surface area contributed by atoms with Crippen molar-refractivity contribution in [3.8, 4) is 44.5 Å². The number of rotatable bonds is 5. The van der Waals surface area contributed by atoms with Crippen LogP contribution in [0.25, 0.3) is 44.5 Å². The average Bonchev–Trinajstić information content (AvgIpc) is 3.59. The molecule has 7 aromatic rings. The Kier molecular flexibility index (Phi) is 9.30. The lowest BCUT2D eigenvalue weighted by Gasteiger charge is -2.32.